The zero-order valence-electron chi connectivity index (χ0n) is 13.5. The molecule has 0 atom stereocenters. The van der Waals surface area contributed by atoms with Crippen LogP contribution < -0.4 is 10.7 Å². The summed E-state index contributed by atoms with van der Waals surface area (Å²) in [4.78, 5) is 11.8. The molecule has 120 valence electrons. The number of amides is 1. The molecule has 0 heterocycles. The largest absolute Gasteiger partial charge is 0.376 e. The van der Waals surface area contributed by atoms with Crippen molar-refractivity contribution >= 4 is 29.4 Å². The first kappa shape index (κ1) is 17.0. The summed E-state index contributed by atoms with van der Waals surface area (Å²) in [5.41, 5.74) is 7.57. The minimum Gasteiger partial charge on any atom is -0.376 e. The summed E-state index contributed by atoms with van der Waals surface area (Å²) >= 11 is 6.04. The van der Waals surface area contributed by atoms with E-state index in [2.05, 4.69) is 21.9 Å². The van der Waals surface area contributed by atoms with Crippen molar-refractivity contribution in [2.75, 3.05) is 11.9 Å². The molecule has 2 rings (SSSR count). The molecule has 23 heavy (non-hydrogen) atoms. The van der Waals surface area contributed by atoms with Crippen LogP contribution >= 0.6 is 11.6 Å². The summed E-state index contributed by atoms with van der Waals surface area (Å²) in [6.45, 7) is 6.09. The fourth-order valence-corrected chi connectivity index (χ4v) is 2.33. The summed E-state index contributed by atoms with van der Waals surface area (Å²) in [5, 5.41) is 7.71. The zero-order chi connectivity index (χ0) is 16.8. The van der Waals surface area contributed by atoms with Crippen LogP contribution in [0, 0.1) is 20.8 Å². The van der Waals surface area contributed by atoms with Gasteiger partial charge in [0.2, 0.25) is 0 Å². The van der Waals surface area contributed by atoms with Gasteiger partial charge in [-0.25, -0.2) is 5.43 Å². The first-order valence-corrected chi connectivity index (χ1v) is 7.73. The van der Waals surface area contributed by atoms with Gasteiger partial charge in [-0.1, -0.05) is 41.4 Å². The summed E-state index contributed by atoms with van der Waals surface area (Å²) in [6.07, 6.45) is 1.65. The van der Waals surface area contributed by atoms with E-state index >= 15 is 0 Å². The molecule has 5 heteroatoms. The van der Waals surface area contributed by atoms with Gasteiger partial charge in [-0.2, -0.15) is 5.10 Å². The first-order valence-electron chi connectivity index (χ1n) is 7.35. The van der Waals surface area contributed by atoms with E-state index in [9.17, 15) is 4.79 Å². The van der Waals surface area contributed by atoms with Crippen molar-refractivity contribution in [2.45, 2.75) is 20.8 Å². The van der Waals surface area contributed by atoms with Gasteiger partial charge >= 0.3 is 0 Å². The predicted molar refractivity (Wildman–Crippen MR) is 96.3 cm³/mol. The highest BCUT2D eigenvalue weighted by Gasteiger charge is 2.04. The minimum atomic E-state index is -0.217. The molecule has 2 aromatic carbocycles. The number of halogens is 1. The Morgan fingerprint density at radius 1 is 1.22 bits per heavy atom. The van der Waals surface area contributed by atoms with Crippen LogP contribution in [0.25, 0.3) is 0 Å². The Bertz CT molecular complexity index is 741. The lowest BCUT2D eigenvalue weighted by molar-refractivity contribution is -0.119. The van der Waals surface area contributed by atoms with Gasteiger partial charge in [0.15, 0.2) is 0 Å². The summed E-state index contributed by atoms with van der Waals surface area (Å²) in [5.74, 6) is -0.217. The van der Waals surface area contributed by atoms with Crippen molar-refractivity contribution in [2.24, 2.45) is 5.10 Å². The standard InChI is InChI=1S/C18H20ClN3O/c1-12-7-8-15(13(2)9-12)10-21-22-18(23)11-20-17-6-4-5-16(19)14(17)3/h4-10,20H,11H2,1-3H3,(H,22,23)/b21-10+. The van der Waals surface area contributed by atoms with Gasteiger partial charge < -0.3 is 5.32 Å². The number of rotatable bonds is 5. The molecule has 0 fully saturated rings. The number of hydrazone groups is 1. The lowest BCUT2D eigenvalue weighted by Crippen LogP contribution is -2.26. The van der Waals surface area contributed by atoms with Crippen molar-refractivity contribution in [3.05, 3.63) is 63.7 Å². The van der Waals surface area contributed by atoms with Gasteiger partial charge in [0.1, 0.15) is 0 Å². The molecule has 2 aromatic rings. The number of carbonyl (C=O) groups excluding carboxylic acids is 1. The van der Waals surface area contributed by atoms with Gasteiger partial charge in [0.05, 0.1) is 12.8 Å². The molecule has 0 aliphatic heterocycles. The molecular weight excluding hydrogens is 310 g/mol. The summed E-state index contributed by atoms with van der Waals surface area (Å²) < 4.78 is 0. The predicted octanol–water partition coefficient (Wildman–Crippen LogP) is 3.83. The van der Waals surface area contributed by atoms with Crippen LogP contribution in [0.1, 0.15) is 22.3 Å². The number of anilines is 1. The smallest absolute Gasteiger partial charge is 0.259 e. The van der Waals surface area contributed by atoms with Crippen LogP contribution in [-0.2, 0) is 4.79 Å². The molecule has 0 aliphatic carbocycles. The number of aryl methyl sites for hydroxylation is 2. The van der Waals surface area contributed by atoms with Crippen molar-refractivity contribution in [1.82, 2.24) is 5.43 Å². The Morgan fingerprint density at radius 2 is 2.00 bits per heavy atom. The second-order valence-electron chi connectivity index (χ2n) is 5.42. The highest BCUT2D eigenvalue weighted by molar-refractivity contribution is 6.31. The zero-order valence-corrected chi connectivity index (χ0v) is 14.2. The average Bonchev–Trinajstić information content (AvgIpc) is 2.51. The Labute approximate surface area is 141 Å². The summed E-state index contributed by atoms with van der Waals surface area (Å²) in [7, 11) is 0. The van der Waals surface area contributed by atoms with E-state index in [0.29, 0.717) is 5.02 Å². The van der Waals surface area contributed by atoms with E-state index in [0.717, 1.165) is 22.4 Å². The number of nitrogens with zero attached hydrogens (tertiary/aromatic N) is 1. The Morgan fingerprint density at radius 3 is 2.74 bits per heavy atom. The first-order chi connectivity index (χ1) is 11.0. The average molecular weight is 330 g/mol. The van der Waals surface area contributed by atoms with Gasteiger partial charge in [-0.3, -0.25) is 4.79 Å². The monoisotopic (exact) mass is 329 g/mol. The van der Waals surface area contributed by atoms with Gasteiger partial charge in [-0.05, 0) is 49.6 Å². The van der Waals surface area contributed by atoms with Crippen molar-refractivity contribution in [3.63, 3.8) is 0 Å². The third-order valence-corrected chi connectivity index (χ3v) is 3.93. The highest BCUT2D eigenvalue weighted by Crippen LogP contribution is 2.22. The van der Waals surface area contributed by atoms with E-state index in [1.54, 1.807) is 6.21 Å². The van der Waals surface area contributed by atoms with Crippen molar-refractivity contribution < 1.29 is 4.79 Å². The van der Waals surface area contributed by atoms with Gasteiger partial charge in [0.25, 0.3) is 5.91 Å². The number of carbonyl (C=O) groups is 1. The number of hydrogen-bond acceptors (Lipinski definition) is 3. The second-order valence-corrected chi connectivity index (χ2v) is 5.83. The van der Waals surface area contributed by atoms with E-state index in [1.807, 2.05) is 51.1 Å². The maximum atomic E-state index is 11.8. The lowest BCUT2D eigenvalue weighted by Gasteiger charge is -2.09. The molecule has 0 aromatic heterocycles. The van der Waals surface area contributed by atoms with Crippen molar-refractivity contribution in [1.29, 1.82) is 0 Å². The molecule has 0 spiro atoms. The third-order valence-electron chi connectivity index (χ3n) is 3.53. The Hall–Kier alpha value is -2.33. The molecule has 1 amide bonds. The van der Waals surface area contributed by atoms with E-state index in [4.69, 9.17) is 11.6 Å². The Balaban J connectivity index is 1.87. The van der Waals surface area contributed by atoms with Gasteiger partial charge in [-0.15, -0.1) is 0 Å². The molecule has 0 aliphatic rings. The van der Waals surface area contributed by atoms with Crippen LogP contribution in [0.3, 0.4) is 0 Å². The maximum absolute atomic E-state index is 11.8. The van der Waals surface area contributed by atoms with Crippen LogP contribution in [0.15, 0.2) is 41.5 Å². The quantitative estimate of drug-likeness (QED) is 0.647. The van der Waals surface area contributed by atoms with Crippen molar-refractivity contribution in [3.8, 4) is 0 Å². The molecule has 0 unspecified atom stereocenters. The lowest BCUT2D eigenvalue weighted by atomic mass is 10.1. The van der Waals surface area contributed by atoms with Gasteiger partial charge in [0, 0.05) is 10.7 Å². The molecule has 0 saturated carbocycles. The number of benzene rings is 2. The molecule has 0 saturated heterocycles. The fourth-order valence-electron chi connectivity index (χ4n) is 2.16. The van der Waals surface area contributed by atoms with E-state index in [1.165, 1.54) is 5.56 Å². The highest BCUT2D eigenvalue weighted by atomic mass is 35.5. The number of hydrogen-bond donors (Lipinski definition) is 2. The molecule has 0 radical (unpaired) electrons. The van der Waals surface area contributed by atoms with Crippen LogP contribution in [0.4, 0.5) is 5.69 Å². The van der Waals surface area contributed by atoms with E-state index < -0.39 is 0 Å². The second kappa shape index (κ2) is 7.79. The summed E-state index contributed by atoms with van der Waals surface area (Å²) in [6, 6.07) is 11.6. The minimum absolute atomic E-state index is 0.130. The molecule has 2 N–H and O–H groups in total. The molecular formula is C18H20ClN3O. The fraction of sp³-hybridized carbons (Fsp3) is 0.222. The topological polar surface area (TPSA) is 53.5 Å². The molecule has 0 bridgehead atoms. The van der Waals surface area contributed by atoms with Crippen LogP contribution in [-0.4, -0.2) is 18.7 Å². The van der Waals surface area contributed by atoms with Crippen LogP contribution in [0.2, 0.25) is 5.02 Å². The Kier molecular flexibility index (Phi) is 5.77. The third kappa shape index (κ3) is 4.83. The van der Waals surface area contributed by atoms with Crippen LogP contribution in [0.5, 0.6) is 0 Å². The number of nitrogens with one attached hydrogen (secondary N) is 2. The normalized spacial score (nSPS) is 10.8. The maximum Gasteiger partial charge on any atom is 0.259 e. The molecule has 4 nitrogen and oxygen atoms in total. The SMILES string of the molecule is Cc1ccc(/C=N/NC(=O)CNc2cccc(Cl)c2C)c(C)c1. The van der Waals surface area contributed by atoms with E-state index in [-0.39, 0.29) is 12.5 Å².